The van der Waals surface area contributed by atoms with E-state index in [1.54, 1.807) is 0 Å². The molecule has 0 unspecified atom stereocenters. The molecule has 6 aromatic carbocycles. The van der Waals surface area contributed by atoms with Gasteiger partial charge in [0, 0.05) is 27.2 Å². The van der Waals surface area contributed by atoms with Crippen molar-refractivity contribution in [3.63, 3.8) is 0 Å². The van der Waals surface area contributed by atoms with Crippen LogP contribution in [0.4, 0.5) is 0 Å². The molecular formula is C37H21NO3. The Balaban J connectivity index is 1.33. The minimum absolute atomic E-state index is 0.0441. The smallest absolute Gasteiger partial charge is 0.200 e. The van der Waals surface area contributed by atoms with Gasteiger partial charge in [0.25, 0.3) is 0 Å². The molecule has 0 saturated heterocycles. The second-order valence-electron chi connectivity index (χ2n) is 10.5. The zero-order chi connectivity index (χ0) is 27.1. The highest BCUT2D eigenvalue weighted by atomic mass is 16.3. The largest absolute Gasteiger partial charge is 0.456 e. The van der Waals surface area contributed by atoms with E-state index in [1.807, 2.05) is 78.9 Å². The van der Waals surface area contributed by atoms with Gasteiger partial charge in [0.1, 0.15) is 16.7 Å². The molecule has 0 fully saturated rings. The topological polar surface area (TPSA) is 48.3 Å². The van der Waals surface area contributed by atoms with Crippen molar-refractivity contribution in [3.05, 3.63) is 138 Å². The third kappa shape index (κ3) is 3.13. The second kappa shape index (κ2) is 8.20. The van der Waals surface area contributed by atoms with Gasteiger partial charge in [-0.2, -0.15) is 0 Å². The molecule has 4 heteroatoms. The van der Waals surface area contributed by atoms with Crippen LogP contribution in [0, 0.1) is 0 Å². The molecular weight excluding hydrogens is 506 g/mol. The molecule has 3 heterocycles. The van der Waals surface area contributed by atoms with E-state index in [0.717, 1.165) is 60.6 Å². The molecule has 0 aliphatic carbocycles. The third-order valence-electron chi connectivity index (χ3n) is 8.20. The number of fused-ring (bicyclic) bond motifs is 9. The minimum Gasteiger partial charge on any atom is -0.456 e. The first kappa shape index (κ1) is 22.2. The molecule has 0 aliphatic rings. The summed E-state index contributed by atoms with van der Waals surface area (Å²) in [4.78, 5) is 13.8. The highest BCUT2D eigenvalue weighted by molar-refractivity contribution is 6.21. The van der Waals surface area contributed by atoms with Gasteiger partial charge in [0.15, 0.2) is 5.58 Å². The molecule has 0 spiro atoms. The molecule has 192 valence electrons. The lowest BCUT2D eigenvalue weighted by Crippen LogP contribution is -2.04. The number of para-hydroxylation sites is 2. The van der Waals surface area contributed by atoms with Gasteiger partial charge >= 0.3 is 0 Å². The first-order valence-electron chi connectivity index (χ1n) is 13.6. The van der Waals surface area contributed by atoms with Crippen molar-refractivity contribution >= 4 is 65.7 Å². The van der Waals surface area contributed by atoms with Crippen molar-refractivity contribution < 1.29 is 8.83 Å². The Labute approximate surface area is 233 Å². The molecule has 0 amide bonds. The Kier molecular flexibility index (Phi) is 4.44. The van der Waals surface area contributed by atoms with Gasteiger partial charge in [0.2, 0.25) is 5.43 Å². The van der Waals surface area contributed by atoms with Gasteiger partial charge in [-0.25, -0.2) is 0 Å². The first-order valence-corrected chi connectivity index (χ1v) is 13.6. The summed E-state index contributed by atoms with van der Waals surface area (Å²) in [5.41, 5.74) is 7.79. The van der Waals surface area contributed by atoms with Crippen LogP contribution in [0.5, 0.6) is 0 Å². The Morgan fingerprint density at radius 3 is 2.10 bits per heavy atom. The molecule has 4 nitrogen and oxygen atoms in total. The standard InChI is InChI=1S/C37H21NO3/c39-36-29-16-14-23(22-8-2-1-3-9-22)20-34(29)40-33-19-15-24(21-30(33)36)38-31-12-6-4-10-25(31)27-17-18-28-26-11-5-7-13-32(26)41-37(28)35(27)38/h1-21H. The van der Waals surface area contributed by atoms with E-state index in [1.165, 1.54) is 0 Å². The van der Waals surface area contributed by atoms with Crippen molar-refractivity contribution in [2.24, 2.45) is 0 Å². The van der Waals surface area contributed by atoms with E-state index < -0.39 is 0 Å². The summed E-state index contributed by atoms with van der Waals surface area (Å²) in [6.07, 6.45) is 0. The lowest BCUT2D eigenvalue weighted by Gasteiger charge is -2.10. The van der Waals surface area contributed by atoms with Crippen LogP contribution in [0.25, 0.3) is 82.5 Å². The normalized spacial score (nSPS) is 12.0. The SMILES string of the molecule is O=c1c2ccc(-c3ccccc3)cc2oc2ccc(-n3c4ccccc4c4ccc5c6ccccc6oc5c43)cc12. The summed E-state index contributed by atoms with van der Waals surface area (Å²) in [6, 6.07) is 42.6. The molecule has 41 heavy (non-hydrogen) atoms. The summed E-state index contributed by atoms with van der Waals surface area (Å²) in [5, 5.41) is 5.50. The van der Waals surface area contributed by atoms with E-state index in [0.29, 0.717) is 21.9 Å². The predicted molar refractivity (Wildman–Crippen MR) is 167 cm³/mol. The molecule has 0 aliphatic heterocycles. The first-order chi connectivity index (χ1) is 20.2. The van der Waals surface area contributed by atoms with Crippen LogP contribution >= 0.6 is 0 Å². The van der Waals surface area contributed by atoms with Crippen molar-refractivity contribution in [2.75, 3.05) is 0 Å². The average molecular weight is 528 g/mol. The second-order valence-corrected chi connectivity index (χ2v) is 10.5. The molecule has 0 N–H and O–H groups in total. The molecule has 9 rings (SSSR count). The van der Waals surface area contributed by atoms with E-state index in [2.05, 4.69) is 53.1 Å². The Morgan fingerprint density at radius 2 is 1.20 bits per heavy atom. The van der Waals surface area contributed by atoms with Crippen LogP contribution < -0.4 is 5.43 Å². The Bertz CT molecular complexity index is 2550. The maximum Gasteiger partial charge on any atom is 0.200 e. The number of benzene rings is 6. The van der Waals surface area contributed by atoms with E-state index in [4.69, 9.17) is 8.83 Å². The van der Waals surface area contributed by atoms with Gasteiger partial charge < -0.3 is 13.4 Å². The third-order valence-corrected chi connectivity index (χ3v) is 8.20. The molecule has 9 aromatic rings. The van der Waals surface area contributed by atoms with Gasteiger partial charge in [-0.3, -0.25) is 4.79 Å². The molecule has 0 bridgehead atoms. The van der Waals surface area contributed by atoms with E-state index in [-0.39, 0.29) is 5.43 Å². The lowest BCUT2D eigenvalue weighted by molar-refractivity contribution is 0.660. The van der Waals surface area contributed by atoms with Crippen LogP contribution in [0.2, 0.25) is 0 Å². The summed E-state index contributed by atoms with van der Waals surface area (Å²) < 4.78 is 15.0. The van der Waals surface area contributed by atoms with E-state index >= 15 is 0 Å². The number of furan rings is 1. The average Bonchev–Trinajstić information content (AvgIpc) is 3.57. The maximum absolute atomic E-state index is 13.8. The monoisotopic (exact) mass is 527 g/mol. The fourth-order valence-electron chi connectivity index (χ4n) is 6.29. The number of nitrogens with zero attached hydrogens (tertiary/aromatic N) is 1. The summed E-state index contributed by atoms with van der Waals surface area (Å²) in [5.74, 6) is 0. The van der Waals surface area contributed by atoms with Gasteiger partial charge in [-0.1, -0.05) is 78.9 Å². The maximum atomic E-state index is 13.8. The number of rotatable bonds is 2. The zero-order valence-electron chi connectivity index (χ0n) is 21.8. The van der Waals surface area contributed by atoms with E-state index in [9.17, 15) is 4.79 Å². The van der Waals surface area contributed by atoms with Crippen molar-refractivity contribution in [1.82, 2.24) is 4.57 Å². The zero-order valence-corrected chi connectivity index (χ0v) is 21.8. The summed E-state index contributed by atoms with van der Waals surface area (Å²) >= 11 is 0. The van der Waals surface area contributed by atoms with Crippen molar-refractivity contribution in [2.45, 2.75) is 0 Å². The Hall–Kier alpha value is -5.61. The predicted octanol–water partition coefficient (Wildman–Crippen LogP) is 9.61. The summed E-state index contributed by atoms with van der Waals surface area (Å²) in [7, 11) is 0. The van der Waals surface area contributed by atoms with Crippen LogP contribution in [0.3, 0.4) is 0 Å². The molecule has 0 atom stereocenters. The quantitative estimate of drug-likeness (QED) is 0.210. The van der Waals surface area contributed by atoms with Crippen molar-refractivity contribution in [3.8, 4) is 16.8 Å². The van der Waals surface area contributed by atoms with Gasteiger partial charge in [-0.05, 0) is 59.7 Å². The minimum atomic E-state index is -0.0441. The molecule has 0 radical (unpaired) electrons. The number of aromatic nitrogens is 1. The Morgan fingerprint density at radius 1 is 0.463 bits per heavy atom. The molecule has 3 aromatic heterocycles. The fourth-order valence-corrected chi connectivity index (χ4v) is 6.29. The van der Waals surface area contributed by atoms with Crippen LogP contribution in [0.1, 0.15) is 0 Å². The van der Waals surface area contributed by atoms with Crippen LogP contribution in [0.15, 0.2) is 141 Å². The summed E-state index contributed by atoms with van der Waals surface area (Å²) in [6.45, 7) is 0. The number of hydrogen-bond donors (Lipinski definition) is 0. The lowest BCUT2D eigenvalue weighted by atomic mass is 10.0. The van der Waals surface area contributed by atoms with Crippen LogP contribution in [-0.2, 0) is 0 Å². The van der Waals surface area contributed by atoms with Crippen molar-refractivity contribution in [1.29, 1.82) is 0 Å². The molecule has 0 saturated carbocycles. The fraction of sp³-hybridized carbons (Fsp3) is 0. The van der Waals surface area contributed by atoms with Crippen LogP contribution in [-0.4, -0.2) is 4.57 Å². The van der Waals surface area contributed by atoms with Gasteiger partial charge in [-0.15, -0.1) is 0 Å². The van der Waals surface area contributed by atoms with Gasteiger partial charge in [0.05, 0.1) is 21.8 Å². The number of hydrogen-bond acceptors (Lipinski definition) is 3. The highest BCUT2D eigenvalue weighted by Crippen LogP contribution is 2.40. The highest BCUT2D eigenvalue weighted by Gasteiger charge is 2.19.